The summed E-state index contributed by atoms with van der Waals surface area (Å²) in [5.41, 5.74) is 0.640. The molecule has 0 fully saturated rings. The Balaban J connectivity index is 2.79. The van der Waals surface area contributed by atoms with Crippen molar-refractivity contribution in [2.45, 2.75) is 31.1 Å². The lowest BCUT2D eigenvalue weighted by molar-refractivity contribution is 0.321. The van der Waals surface area contributed by atoms with Crippen molar-refractivity contribution in [1.82, 2.24) is 4.98 Å². The summed E-state index contributed by atoms with van der Waals surface area (Å²) in [6, 6.07) is 1.77. The molecular formula is C12H18N2O2S. The summed E-state index contributed by atoms with van der Waals surface area (Å²) in [6.45, 7) is 7.10. The van der Waals surface area contributed by atoms with E-state index in [0.29, 0.717) is 23.8 Å². The van der Waals surface area contributed by atoms with Crippen LogP contribution in [-0.2, 0) is 15.1 Å². The number of ether oxygens (including phenoxy) is 1. The molecule has 0 aliphatic carbocycles. The highest BCUT2D eigenvalue weighted by molar-refractivity contribution is 7.93. The Kier molecular flexibility index (Phi) is 2.89. The van der Waals surface area contributed by atoms with Gasteiger partial charge in [-0.1, -0.05) is 20.8 Å². The van der Waals surface area contributed by atoms with E-state index in [2.05, 4.69) is 30.1 Å². The number of aromatic nitrogens is 1. The molecule has 2 heterocycles. The van der Waals surface area contributed by atoms with Crippen LogP contribution in [0.1, 0.15) is 26.5 Å². The highest BCUT2D eigenvalue weighted by atomic mass is 32.2. The van der Waals surface area contributed by atoms with Crippen LogP contribution in [0.15, 0.2) is 21.5 Å². The van der Waals surface area contributed by atoms with Gasteiger partial charge in [0.05, 0.1) is 22.0 Å². The first-order chi connectivity index (χ1) is 7.82. The van der Waals surface area contributed by atoms with E-state index < -0.39 is 9.73 Å². The standard InChI is InChI=1S/C12H18N2O2S/c1-12(2,3)11-10-9(5-6-13-11)16-8-7-14-17(10,4)15/h5-6H,7-8H2,1-4H3. The summed E-state index contributed by atoms with van der Waals surface area (Å²) >= 11 is 0. The zero-order valence-electron chi connectivity index (χ0n) is 10.7. The number of hydrogen-bond acceptors (Lipinski definition) is 4. The first-order valence-electron chi connectivity index (χ1n) is 5.62. The molecule has 4 nitrogen and oxygen atoms in total. The van der Waals surface area contributed by atoms with Crippen molar-refractivity contribution in [3.05, 3.63) is 18.0 Å². The topological polar surface area (TPSA) is 51.5 Å². The maximum atomic E-state index is 12.6. The van der Waals surface area contributed by atoms with Gasteiger partial charge in [-0.3, -0.25) is 4.98 Å². The van der Waals surface area contributed by atoms with Gasteiger partial charge < -0.3 is 4.74 Å². The third kappa shape index (κ3) is 2.29. The Bertz CT molecular complexity index is 552. The van der Waals surface area contributed by atoms with Gasteiger partial charge in [0.2, 0.25) is 0 Å². The van der Waals surface area contributed by atoms with E-state index in [1.807, 2.05) is 0 Å². The molecule has 1 atom stereocenters. The van der Waals surface area contributed by atoms with E-state index in [4.69, 9.17) is 4.74 Å². The van der Waals surface area contributed by atoms with Crippen LogP contribution in [0.25, 0.3) is 0 Å². The number of nitrogens with zero attached hydrogens (tertiary/aromatic N) is 2. The second kappa shape index (κ2) is 3.98. The van der Waals surface area contributed by atoms with Gasteiger partial charge in [0.25, 0.3) is 0 Å². The van der Waals surface area contributed by atoms with E-state index in [9.17, 15) is 4.21 Å². The van der Waals surface area contributed by atoms with E-state index in [-0.39, 0.29) is 5.41 Å². The third-order valence-electron chi connectivity index (χ3n) is 2.64. The van der Waals surface area contributed by atoms with Crippen LogP contribution in [-0.4, -0.2) is 28.6 Å². The quantitative estimate of drug-likeness (QED) is 0.713. The van der Waals surface area contributed by atoms with E-state index >= 15 is 0 Å². The summed E-state index contributed by atoms with van der Waals surface area (Å²) in [7, 11) is -2.40. The van der Waals surface area contributed by atoms with Crippen molar-refractivity contribution in [3.8, 4) is 5.75 Å². The van der Waals surface area contributed by atoms with E-state index in [0.717, 1.165) is 5.69 Å². The van der Waals surface area contributed by atoms with Crippen LogP contribution in [0.5, 0.6) is 5.75 Å². The molecule has 0 amide bonds. The van der Waals surface area contributed by atoms with Gasteiger partial charge in [0.1, 0.15) is 17.3 Å². The normalized spacial score (nSPS) is 24.2. The van der Waals surface area contributed by atoms with Crippen molar-refractivity contribution >= 4 is 9.73 Å². The molecule has 0 saturated heterocycles. The SMILES string of the molecule is CC(C)(C)c1nccc2c1S(C)(=O)=NCCO2. The van der Waals surface area contributed by atoms with Crippen LogP contribution in [0.4, 0.5) is 0 Å². The molecule has 1 aromatic heterocycles. The lowest BCUT2D eigenvalue weighted by Gasteiger charge is -2.22. The molecule has 5 heteroatoms. The summed E-state index contributed by atoms with van der Waals surface area (Å²) < 4.78 is 22.5. The van der Waals surface area contributed by atoms with Crippen molar-refractivity contribution in [3.63, 3.8) is 0 Å². The van der Waals surface area contributed by atoms with Crippen molar-refractivity contribution in [2.75, 3.05) is 19.4 Å². The maximum Gasteiger partial charge on any atom is 0.139 e. The lowest BCUT2D eigenvalue weighted by Crippen LogP contribution is -2.18. The monoisotopic (exact) mass is 254 g/mol. The number of pyridine rings is 1. The predicted octanol–water partition coefficient (Wildman–Crippen LogP) is 2.23. The second-order valence-electron chi connectivity index (χ2n) is 5.24. The number of fused-ring (bicyclic) bond motifs is 1. The Hall–Kier alpha value is -1.10. The molecule has 0 saturated carbocycles. The Labute approximate surface area is 103 Å². The molecule has 0 aromatic carbocycles. The summed E-state index contributed by atoms with van der Waals surface area (Å²) in [4.78, 5) is 5.05. The summed E-state index contributed by atoms with van der Waals surface area (Å²) in [5, 5.41) is 0. The van der Waals surface area contributed by atoms with E-state index in [1.54, 1.807) is 18.5 Å². The molecule has 0 bridgehead atoms. The Morgan fingerprint density at radius 3 is 2.76 bits per heavy atom. The Morgan fingerprint density at radius 2 is 2.12 bits per heavy atom. The highest BCUT2D eigenvalue weighted by Gasteiger charge is 2.28. The average molecular weight is 254 g/mol. The summed E-state index contributed by atoms with van der Waals surface area (Å²) in [5.74, 6) is 0.665. The zero-order valence-corrected chi connectivity index (χ0v) is 11.5. The van der Waals surface area contributed by atoms with E-state index in [1.165, 1.54) is 0 Å². The summed E-state index contributed by atoms with van der Waals surface area (Å²) in [6.07, 6.45) is 3.37. The van der Waals surface area contributed by atoms with Gasteiger partial charge in [0.15, 0.2) is 0 Å². The average Bonchev–Trinajstić information content (AvgIpc) is 2.36. The molecule has 1 aromatic rings. The van der Waals surface area contributed by atoms with Gasteiger partial charge >= 0.3 is 0 Å². The second-order valence-corrected chi connectivity index (χ2v) is 7.51. The zero-order chi connectivity index (χ0) is 12.7. The van der Waals surface area contributed by atoms with Crippen LogP contribution < -0.4 is 4.74 Å². The predicted molar refractivity (Wildman–Crippen MR) is 68.1 cm³/mol. The van der Waals surface area contributed by atoms with Gasteiger partial charge in [-0.05, 0) is 6.07 Å². The largest absolute Gasteiger partial charge is 0.490 e. The van der Waals surface area contributed by atoms with Crippen LogP contribution in [0, 0.1) is 0 Å². The Morgan fingerprint density at radius 1 is 1.41 bits per heavy atom. The lowest BCUT2D eigenvalue weighted by atomic mass is 9.91. The minimum atomic E-state index is -2.40. The number of hydrogen-bond donors (Lipinski definition) is 0. The first kappa shape index (κ1) is 12.4. The fourth-order valence-electron chi connectivity index (χ4n) is 1.88. The van der Waals surface area contributed by atoms with Crippen LogP contribution in [0.2, 0.25) is 0 Å². The van der Waals surface area contributed by atoms with Gasteiger partial charge in [-0.2, -0.15) is 0 Å². The molecule has 1 aliphatic rings. The van der Waals surface area contributed by atoms with Crippen molar-refractivity contribution < 1.29 is 8.95 Å². The first-order valence-corrected chi connectivity index (χ1v) is 7.55. The van der Waals surface area contributed by atoms with Crippen molar-refractivity contribution in [2.24, 2.45) is 4.36 Å². The third-order valence-corrected chi connectivity index (χ3v) is 4.47. The highest BCUT2D eigenvalue weighted by Crippen LogP contribution is 2.35. The fourth-order valence-corrected chi connectivity index (χ4v) is 3.65. The molecule has 1 aliphatic heterocycles. The molecule has 0 radical (unpaired) electrons. The molecular weight excluding hydrogens is 236 g/mol. The maximum absolute atomic E-state index is 12.6. The van der Waals surface area contributed by atoms with Gasteiger partial charge in [0, 0.05) is 17.9 Å². The number of rotatable bonds is 0. The van der Waals surface area contributed by atoms with Crippen LogP contribution >= 0.6 is 0 Å². The van der Waals surface area contributed by atoms with Gasteiger partial charge in [-0.25, -0.2) is 8.57 Å². The molecule has 2 rings (SSSR count). The van der Waals surface area contributed by atoms with Crippen molar-refractivity contribution in [1.29, 1.82) is 0 Å². The van der Waals surface area contributed by atoms with Crippen LogP contribution in [0.3, 0.4) is 0 Å². The fraction of sp³-hybridized carbons (Fsp3) is 0.583. The minimum absolute atomic E-state index is 0.173. The molecule has 17 heavy (non-hydrogen) atoms. The van der Waals surface area contributed by atoms with Gasteiger partial charge in [-0.15, -0.1) is 0 Å². The molecule has 94 valence electrons. The smallest absolute Gasteiger partial charge is 0.139 e. The molecule has 0 N–H and O–H groups in total. The molecule has 1 unspecified atom stereocenters. The molecule has 0 spiro atoms. The minimum Gasteiger partial charge on any atom is -0.490 e.